The number of allylic oxidation sites excluding steroid dienone is 1. The number of hydrogen-bond donors (Lipinski definition) is 1. The third-order valence-corrected chi connectivity index (χ3v) is 10.7. The number of oxime groups is 1. The number of rotatable bonds is 4. The molecule has 1 N–H and O–H groups in total. The van der Waals surface area contributed by atoms with E-state index in [2.05, 4.69) is 31.2 Å². The van der Waals surface area contributed by atoms with Crippen molar-refractivity contribution in [3.63, 3.8) is 0 Å². The van der Waals surface area contributed by atoms with Gasteiger partial charge in [0, 0.05) is 32.0 Å². The molecule has 1 saturated heterocycles. The Hall–Kier alpha value is -1.40. The van der Waals surface area contributed by atoms with Gasteiger partial charge in [-0.15, -0.1) is 12.4 Å². The minimum atomic E-state index is -0.358. The fourth-order valence-corrected chi connectivity index (χ4v) is 8.81. The molecule has 5 rings (SSSR count). The van der Waals surface area contributed by atoms with Crippen LogP contribution in [0.5, 0.6) is 0 Å². The van der Waals surface area contributed by atoms with Crippen molar-refractivity contribution in [2.24, 2.45) is 39.7 Å². The van der Waals surface area contributed by atoms with Gasteiger partial charge in [-0.25, -0.2) is 4.79 Å². The average molecular weight is 506 g/mol. The Labute approximate surface area is 217 Å². The highest BCUT2D eigenvalue weighted by Crippen LogP contribution is 2.66. The van der Waals surface area contributed by atoms with Crippen molar-refractivity contribution >= 4 is 30.0 Å². The van der Waals surface area contributed by atoms with E-state index in [-0.39, 0.29) is 29.3 Å². The van der Waals surface area contributed by atoms with E-state index < -0.39 is 0 Å². The highest BCUT2D eigenvalue weighted by Gasteiger charge is 2.59. The van der Waals surface area contributed by atoms with Crippen LogP contribution < -0.4 is 5.32 Å². The number of amides is 1. The van der Waals surface area contributed by atoms with Crippen LogP contribution in [0.4, 0.5) is 4.79 Å². The second-order valence-corrected chi connectivity index (χ2v) is 12.4. The van der Waals surface area contributed by atoms with E-state index in [0.717, 1.165) is 50.3 Å². The van der Waals surface area contributed by atoms with Crippen molar-refractivity contribution in [1.82, 2.24) is 10.2 Å². The lowest BCUT2D eigenvalue weighted by molar-refractivity contribution is -0.117. The number of fused-ring (bicyclic) bond motifs is 5. The lowest BCUT2D eigenvalue weighted by Gasteiger charge is -2.58. The van der Waals surface area contributed by atoms with Crippen LogP contribution in [0.15, 0.2) is 16.8 Å². The van der Waals surface area contributed by atoms with Gasteiger partial charge in [0.2, 0.25) is 0 Å². The number of ketones is 1. The molecule has 1 heterocycles. The number of carbonyl (C=O) groups excluding carboxylic acids is 2. The van der Waals surface area contributed by atoms with Gasteiger partial charge in [0.15, 0.2) is 5.78 Å². The van der Waals surface area contributed by atoms with Crippen LogP contribution in [0.2, 0.25) is 0 Å². The number of likely N-dealkylation sites (N-methyl/N-ethyl adjacent to an activating group) is 1. The SMILES string of the molecule is C/C(=N\OC(=O)N(C)C[C@@H]1CCCN1)[C@H]1CCC2[C@@H]3CCC4=CC(=O)CC[C@]4(C)[C@H]3CC[C@@]21C.Cl. The van der Waals surface area contributed by atoms with Crippen LogP contribution in [0, 0.1) is 34.5 Å². The fourth-order valence-electron chi connectivity index (χ4n) is 8.81. The lowest BCUT2D eigenvalue weighted by atomic mass is 9.46. The Balaban J connectivity index is 0.00000289. The Bertz CT molecular complexity index is 898. The van der Waals surface area contributed by atoms with E-state index in [1.165, 1.54) is 37.7 Å². The predicted molar refractivity (Wildman–Crippen MR) is 141 cm³/mol. The molecule has 0 radical (unpaired) electrons. The second-order valence-electron chi connectivity index (χ2n) is 12.4. The summed E-state index contributed by atoms with van der Waals surface area (Å²) in [7, 11) is 1.80. The molecule has 1 aliphatic heterocycles. The first-order chi connectivity index (χ1) is 16.2. The molecule has 4 aliphatic carbocycles. The minimum Gasteiger partial charge on any atom is -0.312 e. The predicted octanol–water partition coefficient (Wildman–Crippen LogP) is 5.75. The first-order valence-electron chi connectivity index (χ1n) is 13.7. The molecule has 0 aromatic heterocycles. The summed E-state index contributed by atoms with van der Waals surface area (Å²) in [6.45, 7) is 8.68. The maximum Gasteiger partial charge on any atom is 0.435 e. The summed E-state index contributed by atoms with van der Waals surface area (Å²) < 4.78 is 0. The molecule has 3 saturated carbocycles. The summed E-state index contributed by atoms with van der Waals surface area (Å²) in [6, 6.07) is 0.363. The summed E-state index contributed by atoms with van der Waals surface area (Å²) in [5.74, 6) is 2.85. The van der Waals surface area contributed by atoms with E-state index in [1.807, 2.05) is 6.08 Å². The second kappa shape index (κ2) is 10.2. The Morgan fingerprint density at radius 1 is 1.14 bits per heavy atom. The fraction of sp³-hybridized carbons (Fsp3) is 0.821. The van der Waals surface area contributed by atoms with E-state index in [4.69, 9.17) is 4.84 Å². The van der Waals surface area contributed by atoms with Gasteiger partial charge in [0.1, 0.15) is 0 Å². The molecule has 1 unspecified atom stereocenters. The first-order valence-corrected chi connectivity index (χ1v) is 13.7. The summed E-state index contributed by atoms with van der Waals surface area (Å²) >= 11 is 0. The molecular weight excluding hydrogens is 462 g/mol. The van der Waals surface area contributed by atoms with Crippen molar-refractivity contribution in [3.8, 4) is 0 Å². The van der Waals surface area contributed by atoms with Gasteiger partial charge in [-0.3, -0.25) is 9.63 Å². The molecule has 7 atom stereocenters. The van der Waals surface area contributed by atoms with Crippen LogP contribution in [-0.4, -0.2) is 48.7 Å². The van der Waals surface area contributed by atoms with Crippen LogP contribution >= 0.6 is 12.4 Å². The highest BCUT2D eigenvalue weighted by atomic mass is 35.5. The molecule has 0 aromatic carbocycles. The average Bonchev–Trinajstić information content (AvgIpc) is 3.44. The van der Waals surface area contributed by atoms with Crippen molar-refractivity contribution in [1.29, 1.82) is 0 Å². The molecule has 1 amide bonds. The van der Waals surface area contributed by atoms with Gasteiger partial charge in [0.05, 0.1) is 5.71 Å². The smallest absolute Gasteiger partial charge is 0.312 e. The molecular formula is C28H44ClN3O3. The van der Waals surface area contributed by atoms with Crippen LogP contribution in [-0.2, 0) is 9.63 Å². The van der Waals surface area contributed by atoms with Crippen molar-refractivity contribution in [2.75, 3.05) is 20.1 Å². The highest BCUT2D eigenvalue weighted by molar-refractivity contribution is 5.91. The maximum atomic E-state index is 12.5. The Morgan fingerprint density at radius 3 is 2.69 bits per heavy atom. The van der Waals surface area contributed by atoms with Gasteiger partial charge >= 0.3 is 6.09 Å². The van der Waals surface area contributed by atoms with Crippen molar-refractivity contribution in [2.45, 2.75) is 91.0 Å². The van der Waals surface area contributed by atoms with Gasteiger partial charge in [0.25, 0.3) is 0 Å². The van der Waals surface area contributed by atoms with Gasteiger partial charge in [-0.1, -0.05) is 24.6 Å². The zero-order valence-corrected chi connectivity index (χ0v) is 22.8. The normalized spacial score (nSPS) is 40.7. The number of nitrogens with one attached hydrogen (secondary N) is 1. The monoisotopic (exact) mass is 505 g/mol. The van der Waals surface area contributed by atoms with Crippen molar-refractivity contribution < 1.29 is 14.4 Å². The van der Waals surface area contributed by atoms with Gasteiger partial charge in [-0.2, -0.15) is 0 Å². The molecule has 6 nitrogen and oxygen atoms in total. The summed E-state index contributed by atoms with van der Waals surface area (Å²) in [6.07, 6.45) is 12.8. The zero-order valence-electron chi connectivity index (χ0n) is 22.0. The van der Waals surface area contributed by atoms with E-state index in [1.54, 1.807) is 11.9 Å². The number of halogens is 1. The maximum absolute atomic E-state index is 12.5. The molecule has 0 spiro atoms. The molecule has 0 bridgehead atoms. The van der Waals surface area contributed by atoms with E-state index in [9.17, 15) is 9.59 Å². The van der Waals surface area contributed by atoms with Gasteiger partial charge in [-0.05, 0) is 106 Å². The summed E-state index contributed by atoms with van der Waals surface area (Å²) in [5.41, 5.74) is 2.86. The third-order valence-electron chi connectivity index (χ3n) is 10.7. The van der Waals surface area contributed by atoms with Crippen molar-refractivity contribution in [3.05, 3.63) is 11.6 Å². The summed E-state index contributed by atoms with van der Waals surface area (Å²) in [4.78, 5) is 31.7. The molecule has 5 aliphatic rings. The molecule has 196 valence electrons. The summed E-state index contributed by atoms with van der Waals surface area (Å²) in [5, 5.41) is 7.82. The largest absolute Gasteiger partial charge is 0.435 e. The van der Waals surface area contributed by atoms with Crippen LogP contribution in [0.1, 0.15) is 85.0 Å². The molecule has 0 aromatic rings. The molecule has 7 heteroatoms. The molecule has 4 fully saturated rings. The number of carbonyl (C=O) groups is 2. The van der Waals surface area contributed by atoms with E-state index >= 15 is 0 Å². The van der Waals surface area contributed by atoms with Crippen LogP contribution in [0.3, 0.4) is 0 Å². The van der Waals surface area contributed by atoms with Crippen LogP contribution in [0.25, 0.3) is 0 Å². The van der Waals surface area contributed by atoms with Gasteiger partial charge < -0.3 is 10.2 Å². The third kappa shape index (κ3) is 4.70. The number of hydrogen-bond acceptors (Lipinski definition) is 5. The minimum absolute atomic E-state index is 0. The lowest BCUT2D eigenvalue weighted by Crippen LogP contribution is -2.51. The molecule has 35 heavy (non-hydrogen) atoms. The Kier molecular flexibility index (Phi) is 7.74. The topological polar surface area (TPSA) is 71.0 Å². The quantitative estimate of drug-likeness (QED) is 0.300. The Morgan fingerprint density at radius 2 is 1.94 bits per heavy atom. The number of nitrogens with zero attached hydrogens (tertiary/aromatic N) is 2. The standard InChI is InChI=1S/C28H43N3O3.ClH/c1-18(30-34-26(33)31(4)17-20-6-5-15-29-20)23-9-10-24-22-8-7-19-16-21(32)11-13-27(19,2)25(22)12-14-28(23,24)3;/h16,20,22-25,29H,5-15,17H2,1-4H3;1H/b30-18+;/t20-,22-,23+,24?,25-,27-,28+;/m0./s1. The zero-order chi connectivity index (χ0) is 24.1. The van der Waals surface area contributed by atoms with E-state index in [0.29, 0.717) is 36.1 Å². The first kappa shape index (κ1) is 26.7.